The van der Waals surface area contributed by atoms with Crippen LogP contribution in [0, 0.1) is 0 Å². The number of fused-ring (bicyclic) bond motifs is 2. The Morgan fingerprint density at radius 2 is 1.53 bits per heavy atom. The van der Waals surface area contributed by atoms with Crippen molar-refractivity contribution >= 4 is 0 Å². The van der Waals surface area contributed by atoms with E-state index in [-0.39, 0.29) is 0 Å². The quantitative estimate of drug-likeness (QED) is 0.586. The van der Waals surface area contributed by atoms with Crippen LogP contribution in [0.1, 0.15) is 46.5 Å². The van der Waals surface area contributed by atoms with Crippen molar-refractivity contribution in [1.29, 1.82) is 0 Å². The van der Waals surface area contributed by atoms with E-state index in [9.17, 15) is 0 Å². The molecule has 0 aromatic carbocycles. The van der Waals surface area contributed by atoms with Crippen LogP contribution < -0.4 is 0 Å². The number of piperidine rings is 1. The first-order valence-electron chi connectivity index (χ1n) is 5.89. The molecule has 84 valence electrons. The fourth-order valence-electron chi connectivity index (χ4n) is 3.45. The molecular weight excluding hydrogens is 439 g/mol. The molecule has 0 spiro atoms. The Kier molecular flexibility index (Phi) is 3.05. The van der Waals surface area contributed by atoms with Gasteiger partial charge in [-0.25, -0.2) is 0 Å². The van der Waals surface area contributed by atoms with Crippen molar-refractivity contribution in [1.82, 2.24) is 4.90 Å². The van der Waals surface area contributed by atoms with Gasteiger partial charge in [0.05, 0.1) is 0 Å². The fraction of sp³-hybridized carbons (Fsp3) is 1.00. The second-order valence-electron chi connectivity index (χ2n) is 5.85. The summed E-state index contributed by atoms with van der Waals surface area (Å²) >= 11 is 0. The predicted octanol–water partition coefficient (Wildman–Crippen LogP) is 2.78. The Morgan fingerprint density at radius 1 is 1.07 bits per heavy atom. The van der Waals surface area contributed by atoms with Crippen molar-refractivity contribution in [2.45, 2.75) is 70.1 Å². The van der Waals surface area contributed by atoms with Crippen LogP contribution in [0.25, 0.3) is 5.32 Å². The second-order valence-corrected chi connectivity index (χ2v) is 5.85. The monoisotopic (exact) mass is 462 g/mol. The van der Waals surface area contributed by atoms with Gasteiger partial charge >= 0.3 is 0 Å². The molecule has 2 aliphatic rings. The molecule has 2 unspecified atom stereocenters. The van der Waals surface area contributed by atoms with Gasteiger partial charge in [-0.3, -0.25) is 4.90 Å². The molecule has 0 N–H and O–H groups in total. The Hall–Kier alpha value is -1.08. The topological polar surface area (TPSA) is 17.3 Å². The third-order valence-electron chi connectivity index (χ3n) is 3.85. The molecule has 3 heteroatoms. The molecule has 2 nitrogen and oxygen atoms in total. The molecule has 0 radical (unpaired) electrons. The van der Waals surface area contributed by atoms with E-state index in [1.54, 1.807) is 0 Å². The largest absolute Gasteiger partial charge is 0.662 e. The van der Waals surface area contributed by atoms with Crippen molar-refractivity contribution in [2.24, 2.45) is 0 Å². The zero-order chi connectivity index (χ0) is 10.3. The van der Waals surface area contributed by atoms with Gasteiger partial charge in [0.2, 0.25) is 0 Å². The van der Waals surface area contributed by atoms with Crippen molar-refractivity contribution in [3.05, 3.63) is 5.32 Å². The van der Waals surface area contributed by atoms with E-state index >= 15 is 0 Å². The summed E-state index contributed by atoms with van der Waals surface area (Å²) < 4.78 is 0. The van der Waals surface area contributed by atoms with Crippen LogP contribution >= 0.6 is 0 Å². The molecule has 2 fully saturated rings. The molecule has 2 saturated heterocycles. The molecule has 2 heterocycles. The van der Waals surface area contributed by atoms with E-state index in [0.717, 1.165) is 12.1 Å². The maximum Gasteiger partial charge on any atom is 0.0130 e. The van der Waals surface area contributed by atoms with Crippen molar-refractivity contribution in [3.8, 4) is 0 Å². The minimum Gasteiger partial charge on any atom is -0.662 e. The van der Waals surface area contributed by atoms with Gasteiger partial charge in [0.25, 0.3) is 0 Å². The van der Waals surface area contributed by atoms with E-state index in [1.807, 2.05) is 7.05 Å². The predicted molar refractivity (Wildman–Crippen MR) is 60.7 cm³/mol. The Morgan fingerprint density at radius 3 is 1.87 bits per heavy atom. The SMILES string of the molecule is C[N-]C1CC2CCC(C1)N2C(C)(C)C.[Rf]. The van der Waals surface area contributed by atoms with E-state index in [4.69, 9.17) is 0 Å². The summed E-state index contributed by atoms with van der Waals surface area (Å²) in [6.45, 7) is 7.05. The minimum absolute atomic E-state index is 0. The van der Waals surface area contributed by atoms with Gasteiger partial charge in [-0.05, 0) is 33.6 Å². The first-order chi connectivity index (χ1) is 6.52. The maximum atomic E-state index is 4.48. The zero-order valence-electron chi connectivity index (χ0n) is 10.7. The Labute approximate surface area is 88.1 Å². The molecule has 15 heavy (non-hydrogen) atoms. The van der Waals surface area contributed by atoms with Crippen LogP contribution in [0.15, 0.2) is 0 Å². The Bertz CT molecular complexity index is 198. The van der Waals surface area contributed by atoms with Gasteiger partial charge in [0, 0.05) is 17.6 Å². The summed E-state index contributed by atoms with van der Waals surface area (Å²) in [5.74, 6) is 0. The van der Waals surface area contributed by atoms with Gasteiger partial charge < -0.3 is 5.32 Å². The molecule has 2 bridgehead atoms. The molecule has 0 amide bonds. The fourth-order valence-corrected chi connectivity index (χ4v) is 3.45. The summed E-state index contributed by atoms with van der Waals surface area (Å²) in [4.78, 5) is 2.74. The molecule has 0 aromatic heterocycles. The molecular formula is C12H23N2Rf-. The second kappa shape index (κ2) is 3.82. The first kappa shape index (κ1) is 12.0. The number of hydrogen-bond donors (Lipinski definition) is 0. The molecule has 2 rings (SSSR count). The van der Waals surface area contributed by atoms with E-state index < -0.39 is 0 Å². The third kappa shape index (κ3) is 1.98. The van der Waals surface area contributed by atoms with Crippen molar-refractivity contribution in [2.75, 3.05) is 7.05 Å². The third-order valence-corrected chi connectivity index (χ3v) is 3.85. The van der Waals surface area contributed by atoms with E-state index in [1.165, 1.54) is 25.7 Å². The van der Waals surface area contributed by atoms with Gasteiger partial charge in [-0.2, -0.15) is 7.05 Å². The molecule has 0 aliphatic carbocycles. The Balaban J connectivity index is 0.00000112. The van der Waals surface area contributed by atoms with Crippen molar-refractivity contribution in [3.63, 3.8) is 0 Å². The van der Waals surface area contributed by atoms with Gasteiger partial charge in [0.15, 0.2) is 0 Å². The van der Waals surface area contributed by atoms with Crippen LogP contribution in [0.2, 0.25) is 0 Å². The first-order valence-corrected chi connectivity index (χ1v) is 5.89. The number of hydrogen-bond acceptors (Lipinski definition) is 1. The number of rotatable bonds is 1. The van der Waals surface area contributed by atoms with E-state index in [2.05, 4.69) is 31.0 Å². The average molecular weight is 462 g/mol. The smallest absolute Gasteiger partial charge is 0.0130 e. The summed E-state index contributed by atoms with van der Waals surface area (Å²) in [6, 6.07) is 2.26. The zero-order valence-corrected chi connectivity index (χ0v) is 17.1. The van der Waals surface area contributed by atoms with Gasteiger partial charge in [-0.15, -0.1) is 6.04 Å². The normalized spacial score (nSPS) is 36.4. The van der Waals surface area contributed by atoms with Crippen LogP contribution in [-0.2, 0) is 0 Å². The van der Waals surface area contributed by atoms with Crippen LogP contribution in [0.3, 0.4) is 0 Å². The van der Waals surface area contributed by atoms with Crippen LogP contribution in [-0.4, -0.2) is 35.6 Å². The summed E-state index contributed by atoms with van der Waals surface area (Å²) in [5.41, 5.74) is 0.352. The van der Waals surface area contributed by atoms with E-state index in [0.29, 0.717) is 11.6 Å². The molecule has 0 aromatic rings. The maximum absolute atomic E-state index is 4.48. The molecule has 2 atom stereocenters. The average Bonchev–Trinajstić information content (AvgIpc) is 2.38. The summed E-state index contributed by atoms with van der Waals surface area (Å²) in [7, 11) is 1.98. The number of nitrogens with zero attached hydrogens (tertiary/aromatic N) is 2. The minimum atomic E-state index is 0. The van der Waals surface area contributed by atoms with Crippen molar-refractivity contribution < 1.29 is 0 Å². The summed E-state index contributed by atoms with van der Waals surface area (Å²) in [6.07, 6.45) is 5.39. The van der Waals surface area contributed by atoms with Gasteiger partial charge in [0.1, 0.15) is 0 Å². The van der Waals surface area contributed by atoms with Crippen LogP contribution in [0.4, 0.5) is 0 Å². The molecule has 0 saturated carbocycles. The standard InChI is InChI=1S/C12H23N2.Rf/c1-12(2,3)14-10-5-6-11(14)8-9(7-10)13-4;/h9-11H,5-8H2,1-4H3;/q-1;. The van der Waals surface area contributed by atoms with Crippen LogP contribution in [0.5, 0.6) is 0 Å². The van der Waals surface area contributed by atoms with Gasteiger partial charge in [-0.1, -0.05) is 12.8 Å². The molecule has 2 aliphatic heterocycles. The summed E-state index contributed by atoms with van der Waals surface area (Å²) in [5, 5.41) is 4.48.